The zero-order valence-corrected chi connectivity index (χ0v) is 16.1. The van der Waals surface area contributed by atoms with Crippen molar-refractivity contribution < 1.29 is 5.11 Å². The highest BCUT2D eigenvalue weighted by Gasteiger charge is 2.22. The third kappa shape index (κ3) is 4.70. The Morgan fingerprint density at radius 3 is 2.83 bits per heavy atom. The summed E-state index contributed by atoms with van der Waals surface area (Å²) in [7, 11) is 0. The smallest absolute Gasteiger partial charge is 0.194 e. The van der Waals surface area contributed by atoms with Gasteiger partial charge in [0.05, 0.1) is 24.5 Å². The Balaban J connectivity index is 0.00000208. The number of aliphatic hydroxyl groups excluding tert-OH is 1. The number of likely N-dealkylation sites (tertiary alicyclic amines) is 1. The van der Waals surface area contributed by atoms with Gasteiger partial charge in [0.2, 0.25) is 0 Å². The number of aromatic nitrogens is 2. The number of hydrogen-bond acceptors (Lipinski definition) is 3. The molecule has 24 heavy (non-hydrogen) atoms. The molecule has 7 heteroatoms. The number of β-amino-alcohol motifs (C(OH)–C–C–N with tert-alkyl or cyclic N) is 1. The summed E-state index contributed by atoms with van der Waals surface area (Å²) in [6.45, 7) is 4.93. The summed E-state index contributed by atoms with van der Waals surface area (Å²) >= 11 is 0. The van der Waals surface area contributed by atoms with Gasteiger partial charge in [-0.3, -0.25) is 0 Å². The molecule has 1 aliphatic rings. The van der Waals surface area contributed by atoms with Crippen molar-refractivity contribution in [2.24, 2.45) is 4.99 Å². The van der Waals surface area contributed by atoms with E-state index >= 15 is 0 Å². The van der Waals surface area contributed by atoms with Crippen LogP contribution in [0.4, 0.5) is 0 Å². The highest BCUT2D eigenvalue weighted by Crippen LogP contribution is 2.11. The summed E-state index contributed by atoms with van der Waals surface area (Å²) in [5, 5.41) is 17.4. The van der Waals surface area contributed by atoms with Gasteiger partial charge < -0.3 is 15.3 Å². The number of para-hydroxylation sites is 1. The van der Waals surface area contributed by atoms with Crippen molar-refractivity contribution in [3.8, 4) is 5.69 Å². The first-order chi connectivity index (χ1) is 11.3. The maximum absolute atomic E-state index is 9.69. The molecule has 1 aromatic carbocycles. The second-order valence-corrected chi connectivity index (χ2v) is 5.69. The number of rotatable bonds is 4. The fourth-order valence-corrected chi connectivity index (χ4v) is 2.69. The van der Waals surface area contributed by atoms with Gasteiger partial charge in [0.15, 0.2) is 5.96 Å². The second kappa shape index (κ2) is 9.03. The topological polar surface area (TPSA) is 65.7 Å². The first-order valence-electron chi connectivity index (χ1n) is 8.06. The molecule has 3 rings (SSSR count). The molecule has 1 aromatic heterocycles. The molecule has 0 saturated carbocycles. The maximum Gasteiger partial charge on any atom is 0.194 e. The predicted octanol–water partition coefficient (Wildman–Crippen LogP) is 2.02. The Kier molecular flexibility index (Phi) is 7.04. The average Bonchev–Trinajstić information content (AvgIpc) is 3.21. The summed E-state index contributed by atoms with van der Waals surface area (Å²) in [5.74, 6) is 0.858. The second-order valence-electron chi connectivity index (χ2n) is 5.69. The third-order valence-corrected chi connectivity index (χ3v) is 3.87. The van der Waals surface area contributed by atoms with E-state index in [9.17, 15) is 5.11 Å². The lowest BCUT2D eigenvalue weighted by Crippen LogP contribution is -2.40. The summed E-state index contributed by atoms with van der Waals surface area (Å²) in [5.41, 5.74) is 2.10. The van der Waals surface area contributed by atoms with Crippen molar-refractivity contribution in [3.05, 3.63) is 48.3 Å². The van der Waals surface area contributed by atoms with Crippen LogP contribution in [-0.4, -0.2) is 51.5 Å². The van der Waals surface area contributed by atoms with Gasteiger partial charge in [-0.05, 0) is 25.5 Å². The Hall–Kier alpha value is -1.61. The quantitative estimate of drug-likeness (QED) is 0.433. The highest BCUT2D eigenvalue weighted by atomic mass is 127. The van der Waals surface area contributed by atoms with E-state index in [1.54, 1.807) is 0 Å². The van der Waals surface area contributed by atoms with Crippen LogP contribution >= 0.6 is 24.0 Å². The van der Waals surface area contributed by atoms with E-state index < -0.39 is 0 Å². The first-order valence-corrected chi connectivity index (χ1v) is 8.06. The molecule has 0 radical (unpaired) electrons. The number of benzene rings is 1. The lowest BCUT2D eigenvalue weighted by Gasteiger charge is -2.20. The van der Waals surface area contributed by atoms with E-state index in [1.165, 1.54) is 0 Å². The lowest BCUT2D eigenvalue weighted by molar-refractivity contribution is 0.188. The van der Waals surface area contributed by atoms with Crippen LogP contribution < -0.4 is 5.32 Å². The van der Waals surface area contributed by atoms with Crippen LogP contribution in [-0.2, 0) is 6.54 Å². The van der Waals surface area contributed by atoms with Crippen molar-refractivity contribution in [2.45, 2.75) is 26.0 Å². The minimum absolute atomic E-state index is 0. The van der Waals surface area contributed by atoms with Gasteiger partial charge in [-0.2, -0.15) is 5.10 Å². The lowest BCUT2D eigenvalue weighted by atomic mass is 10.3. The van der Waals surface area contributed by atoms with Gasteiger partial charge in [-0.1, -0.05) is 18.2 Å². The molecule has 6 nitrogen and oxygen atoms in total. The van der Waals surface area contributed by atoms with E-state index in [-0.39, 0.29) is 30.1 Å². The number of aliphatic hydroxyl groups is 1. The molecule has 2 heterocycles. The predicted molar refractivity (Wildman–Crippen MR) is 106 cm³/mol. The molecule has 130 valence electrons. The molecule has 0 aliphatic carbocycles. The van der Waals surface area contributed by atoms with Crippen molar-refractivity contribution in [3.63, 3.8) is 0 Å². The van der Waals surface area contributed by atoms with Crippen LogP contribution in [0, 0.1) is 0 Å². The fourth-order valence-electron chi connectivity index (χ4n) is 2.69. The van der Waals surface area contributed by atoms with Crippen molar-refractivity contribution in [1.29, 1.82) is 0 Å². The van der Waals surface area contributed by atoms with Crippen LogP contribution in [0.2, 0.25) is 0 Å². The summed E-state index contributed by atoms with van der Waals surface area (Å²) in [6.07, 6.45) is 4.40. The van der Waals surface area contributed by atoms with Gasteiger partial charge in [-0.15, -0.1) is 24.0 Å². The third-order valence-electron chi connectivity index (χ3n) is 3.87. The van der Waals surface area contributed by atoms with Gasteiger partial charge >= 0.3 is 0 Å². The first kappa shape index (κ1) is 18.7. The molecule has 0 amide bonds. The molecule has 1 fully saturated rings. The number of aliphatic imine (C=N–C) groups is 1. The molecular weight excluding hydrogens is 417 g/mol. The van der Waals surface area contributed by atoms with Crippen LogP contribution in [0.15, 0.2) is 47.7 Å². The number of nitrogens with zero attached hydrogens (tertiary/aromatic N) is 4. The van der Waals surface area contributed by atoms with Gasteiger partial charge in [0.25, 0.3) is 0 Å². The van der Waals surface area contributed by atoms with Gasteiger partial charge in [0.1, 0.15) is 0 Å². The van der Waals surface area contributed by atoms with Gasteiger partial charge in [0, 0.05) is 31.4 Å². The maximum atomic E-state index is 9.69. The van der Waals surface area contributed by atoms with E-state index in [1.807, 2.05) is 47.4 Å². The Labute approximate surface area is 159 Å². The molecule has 0 spiro atoms. The zero-order chi connectivity index (χ0) is 16.1. The monoisotopic (exact) mass is 441 g/mol. The standard InChI is InChI=1S/C17H23N5O.HI/c1-2-18-17(21-9-8-16(23)13-21)19-10-14-11-20-22(12-14)15-6-4-3-5-7-15;/h3-7,11-12,16,23H,2,8-10,13H2,1H3,(H,18,19);1H/t16-;/m1./s1. The number of guanidine groups is 1. The minimum Gasteiger partial charge on any atom is -0.391 e. The zero-order valence-electron chi connectivity index (χ0n) is 13.8. The van der Waals surface area contributed by atoms with Crippen molar-refractivity contribution in [1.82, 2.24) is 20.0 Å². The molecule has 0 bridgehead atoms. The normalized spacial score (nSPS) is 17.7. The molecule has 2 N–H and O–H groups in total. The summed E-state index contributed by atoms with van der Waals surface area (Å²) in [4.78, 5) is 6.78. The van der Waals surface area contributed by atoms with Crippen molar-refractivity contribution in [2.75, 3.05) is 19.6 Å². The molecule has 0 unspecified atom stereocenters. The number of hydrogen-bond donors (Lipinski definition) is 2. The van der Waals surface area contributed by atoms with Crippen LogP contribution in [0.25, 0.3) is 5.69 Å². The minimum atomic E-state index is -0.250. The molecule has 1 aliphatic heterocycles. The van der Waals surface area contributed by atoms with Crippen LogP contribution in [0.1, 0.15) is 18.9 Å². The summed E-state index contributed by atoms with van der Waals surface area (Å²) in [6, 6.07) is 10.0. The largest absolute Gasteiger partial charge is 0.391 e. The van der Waals surface area contributed by atoms with Gasteiger partial charge in [-0.25, -0.2) is 9.67 Å². The van der Waals surface area contributed by atoms with E-state index in [4.69, 9.17) is 0 Å². The highest BCUT2D eigenvalue weighted by molar-refractivity contribution is 14.0. The number of nitrogens with one attached hydrogen (secondary N) is 1. The van der Waals surface area contributed by atoms with E-state index in [0.717, 1.165) is 36.7 Å². The van der Waals surface area contributed by atoms with E-state index in [0.29, 0.717) is 13.1 Å². The summed E-state index contributed by atoms with van der Waals surface area (Å²) < 4.78 is 1.86. The van der Waals surface area contributed by atoms with E-state index in [2.05, 4.69) is 27.2 Å². The van der Waals surface area contributed by atoms with Crippen molar-refractivity contribution >= 4 is 29.9 Å². The molecule has 1 saturated heterocycles. The molecular formula is C17H24IN5O. The Morgan fingerprint density at radius 2 is 2.17 bits per heavy atom. The number of halogens is 1. The Bertz CT molecular complexity index is 658. The average molecular weight is 441 g/mol. The Morgan fingerprint density at radius 1 is 1.38 bits per heavy atom. The fraction of sp³-hybridized carbons (Fsp3) is 0.412. The van der Waals surface area contributed by atoms with Crippen LogP contribution in [0.5, 0.6) is 0 Å². The molecule has 1 atom stereocenters. The molecule has 2 aromatic rings. The SMILES string of the molecule is CCNC(=NCc1cnn(-c2ccccc2)c1)N1CC[C@@H](O)C1.I. The van der Waals surface area contributed by atoms with Crippen LogP contribution in [0.3, 0.4) is 0 Å².